The van der Waals surface area contributed by atoms with Crippen LogP contribution < -0.4 is 4.90 Å². The Morgan fingerprint density at radius 2 is 1.74 bits per heavy atom. The molecule has 1 aliphatic carbocycles. The molecule has 2 aliphatic rings. The Balaban J connectivity index is 0.000000499. The lowest BCUT2D eigenvalue weighted by Crippen LogP contribution is -2.29. The SMILES string of the molecule is CC(C)(C)O.COC(=O)Cc1c(C)c2c3c(cc(C4CC4)n3CCN2C)c1-c1ccc(C)cc1. The fraction of sp³-hybridized carbons (Fsp3) is 0.483. The Kier molecular flexibility index (Phi) is 6.52. The van der Waals surface area contributed by atoms with Crippen molar-refractivity contribution in [2.75, 3.05) is 25.6 Å². The number of esters is 1. The van der Waals surface area contributed by atoms with Gasteiger partial charge >= 0.3 is 5.97 Å². The number of aryl methyl sites for hydroxylation is 1. The lowest BCUT2D eigenvalue weighted by Gasteiger charge is -2.31. The molecule has 0 amide bonds. The van der Waals surface area contributed by atoms with Gasteiger partial charge in [-0.15, -0.1) is 0 Å². The molecule has 5 rings (SSSR count). The average Bonchev–Trinajstić information content (AvgIpc) is 3.54. The first-order valence-electron chi connectivity index (χ1n) is 12.3. The van der Waals surface area contributed by atoms with Crippen LogP contribution in [0.15, 0.2) is 30.3 Å². The highest BCUT2D eigenvalue weighted by molar-refractivity contribution is 6.07. The lowest BCUT2D eigenvalue weighted by atomic mass is 9.88. The fourth-order valence-electron chi connectivity index (χ4n) is 4.96. The minimum atomic E-state index is -0.500. The number of rotatable bonds is 4. The molecule has 0 radical (unpaired) electrons. The van der Waals surface area contributed by atoms with Gasteiger partial charge in [0.05, 0.1) is 30.3 Å². The highest BCUT2D eigenvalue weighted by atomic mass is 16.5. The number of aliphatic hydroxyl groups is 1. The second-order valence-electron chi connectivity index (χ2n) is 10.8. The summed E-state index contributed by atoms with van der Waals surface area (Å²) in [4.78, 5) is 14.7. The quantitative estimate of drug-likeness (QED) is 0.502. The third-order valence-corrected chi connectivity index (χ3v) is 6.66. The minimum Gasteiger partial charge on any atom is -0.469 e. The first kappa shape index (κ1) is 24.3. The maximum absolute atomic E-state index is 12.4. The van der Waals surface area contributed by atoms with Gasteiger partial charge in [-0.2, -0.15) is 0 Å². The largest absolute Gasteiger partial charge is 0.469 e. The second kappa shape index (κ2) is 9.10. The normalized spacial score (nSPS) is 15.2. The lowest BCUT2D eigenvalue weighted by molar-refractivity contribution is -0.139. The molecule has 5 nitrogen and oxygen atoms in total. The van der Waals surface area contributed by atoms with Gasteiger partial charge in [0.15, 0.2) is 0 Å². The van der Waals surface area contributed by atoms with Gasteiger partial charge in [-0.25, -0.2) is 0 Å². The highest BCUT2D eigenvalue weighted by Crippen LogP contribution is 2.49. The van der Waals surface area contributed by atoms with Crippen LogP contribution in [-0.2, 0) is 22.5 Å². The topological polar surface area (TPSA) is 54.7 Å². The number of carbonyl (C=O) groups excluding carboxylic acids is 1. The average molecular weight is 463 g/mol. The van der Waals surface area contributed by atoms with E-state index in [1.54, 1.807) is 20.8 Å². The molecular weight excluding hydrogens is 424 g/mol. The maximum atomic E-state index is 12.4. The third kappa shape index (κ3) is 4.85. The van der Waals surface area contributed by atoms with Crippen molar-refractivity contribution in [3.8, 4) is 11.1 Å². The van der Waals surface area contributed by atoms with E-state index in [1.165, 1.54) is 64.5 Å². The van der Waals surface area contributed by atoms with Crippen molar-refractivity contribution in [2.24, 2.45) is 0 Å². The zero-order valence-corrected chi connectivity index (χ0v) is 21.7. The zero-order valence-electron chi connectivity index (χ0n) is 21.7. The van der Waals surface area contributed by atoms with E-state index in [0.29, 0.717) is 12.3 Å². The number of benzene rings is 2. The van der Waals surface area contributed by atoms with Gasteiger partial charge < -0.3 is 19.3 Å². The summed E-state index contributed by atoms with van der Waals surface area (Å²) in [5.74, 6) is 0.502. The molecule has 0 atom stereocenters. The fourth-order valence-corrected chi connectivity index (χ4v) is 4.96. The summed E-state index contributed by atoms with van der Waals surface area (Å²) in [6, 6.07) is 11.1. The van der Waals surface area contributed by atoms with Gasteiger partial charge in [0.1, 0.15) is 0 Å². The summed E-state index contributed by atoms with van der Waals surface area (Å²) in [5.41, 5.74) is 9.48. The van der Waals surface area contributed by atoms with Gasteiger partial charge in [-0.05, 0) is 81.7 Å². The number of aromatic nitrogens is 1. The summed E-state index contributed by atoms with van der Waals surface area (Å²) in [7, 11) is 3.64. The molecule has 5 heteroatoms. The first-order valence-corrected chi connectivity index (χ1v) is 12.3. The van der Waals surface area contributed by atoms with Gasteiger partial charge in [-0.1, -0.05) is 29.8 Å². The Bertz CT molecular complexity index is 1210. The molecule has 1 fully saturated rings. The van der Waals surface area contributed by atoms with Crippen molar-refractivity contribution >= 4 is 22.6 Å². The molecule has 182 valence electrons. The van der Waals surface area contributed by atoms with Gasteiger partial charge in [0.25, 0.3) is 0 Å². The van der Waals surface area contributed by atoms with Crippen LogP contribution in [0, 0.1) is 13.8 Å². The number of anilines is 1. The second-order valence-corrected chi connectivity index (χ2v) is 10.8. The maximum Gasteiger partial charge on any atom is 0.310 e. The summed E-state index contributed by atoms with van der Waals surface area (Å²) in [6.07, 6.45) is 2.87. The molecule has 1 saturated carbocycles. The molecule has 1 N–H and O–H groups in total. The molecule has 0 unspecified atom stereocenters. The summed E-state index contributed by atoms with van der Waals surface area (Å²) < 4.78 is 7.62. The van der Waals surface area contributed by atoms with E-state index in [2.05, 4.69) is 60.7 Å². The van der Waals surface area contributed by atoms with Crippen molar-refractivity contribution in [3.63, 3.8) is 0 Å². The number of hydrogen-bond donors (Lipinski definition) is 1. The van der Waals surface area contributed by atoms with Crippen LogP contribution in [-0.4, -0.2) is 41.9 Å². The molecule has 0 spiro atoms. The Labute approximate surface area is 203 Å². The molecular formula is C29H38N2O3. The van der Waals surface area contributed by atoms with Crippen LogP contribution in [0.25, 0.3) is 22.0 Å². The van der Waals surface area contributed by atoms with Crippen LogP contribution in [0.3, 0.4) is 0 Å². The third-order valence-electron chi connectivity index (χ3n) is 6.66. The van der Waals surface area contributed by atoms with Crippen LogP contribution in [0.2, 0.25) is 0 Å². The van der Waals surface area contributed by atoms with Crippen molar-refractivity contribution in [1.29, 1.82) is 0 Å². The van der Waals surface area contributed by atoms with Crippen LogP contribution in [0.1, 0.15) is 61.9 Å². The van der Waals surface area contributed by atoms with Crippen molar-refractivity contribution < 1.29 is 14.6 Å². The van der Waals surface area contributed by atoms with E-state index >= 15 is 0 Å². The summed E-state index contributed by atoms with van der Waals surface area (Å²) >= 11 is 0. The smallest absolute Gasteiger partial charge is 0.310 e. The van der Waals surface area contributed by atoms with Gasteiger partial charge in [0, 0.05) is 31.2 Å². The standard InChI is InChI=1S/C25H28N2O2.C4H10O/c1-15-5-7-18(8-6-15)23-19(14-22(28)29-4)16(2)24-25-20(23)13-21(17-9-10-17)27(25)12-11-26(24)3;1-4(2,3)5/h5-8,13,17H,9-12,14H2,1-4H3;5H,1-3H3. The van der Waals surface area contributed by atoms with E-state index in [1.807, 2.05) is 0 Å². The van der Waals surface area contributed by atoms with E-state index in [9.17, 15) is 4.79 Å². The van der Waals surface area contributed by atoms with E-state index in [-0.39, 0.29) is 5.97 Å². The van der Waals surface area contributed by atoms with Crippen molar-refractivity contribution in [2.45, 2.75) is 71.9 Å². The molecule has 34 heavy (non-hydrogen) atoms. The molecule has 0 bridgehead atoms. The predicted molar refractivity (Wildman–Crippen MR) is 140 cm³/mol. The summed E-state index contributed by atoms with van der Waals surface area (Å²) in [6.45, 7) is 11.5. The van der Waals surface area contributed by atoms with Crippen LogP contribution >= 0.6 is 0 Å². The number of methoxy groups -OCH3 is 1. The highest BCUT2D eigenvalue weighted by Gasteiger charge is 2.33. The summed E-state index contributed by atoms with van der Waals surface area (Å²) in [5, 5.41) is 9.80. The zero-order chi connectivity index (χ0) is 24.8. The van der Waals surface area contributed by atoms with Crippen molar-refractivity contribution in [3.05, 3.63) is 52.7 Å². The number of hydrogen-bond acceptors (Lipinski definition) is 4. The Morgan fingerprint density at radius 3 is 2.29 bits per heavy atom. The van der Waals surface area contributed by atoms with Gasteiger partial charge in [0.2, 0.25) is 0 Å². The van der Waals surface area contributed by atoms with Crippen molar-refractivity contribution in [1.82, 2.24) is 4.57 Å². The van der Waals surface area contributed by atoms with Crippen LogP contribution in [0.4, 0.5) is 5.69 Å². The van der Waals surface area contributed by atoms with E-state index < -0.39 is 5.60 Å². The number of ether oxygens (including phenoxy) is 1. The molecule has 0 saturated heterocycles. The molecule has 1 aliphatic heterocycles. The Morgan fingerprint density at radius 1 is 1.12 bits per heavy atom. The predicted octanol–water partition coefficient (Wildman–Crippen LogP) is 5.75. The monoisotopic (exact) mass is 462 g/mol. The first-order chi connectivity index (χ1) is 16.0. The van der Waals surface area contributed by atoms with Gasteiger partial charge in [-0.3, -0.25) is 4.79 Å². The number of likely N-dealkylation sites (N-methyl/N-ethyl adjacent to an activating group) is 1. The van der Waals surface area contributed by atoms with Crippen LogP contribution in [0.5, 0.6) is 0 Å². The molecule has 2 aromatic carbocycles. The number of carbonyl (C=O) groups is 1. The minimum absolute atomic E-state index is 0.187. The molecule has 1 aromatic heterocycles. The molecule has 2 heterocycles. The van der Waals surface area contributed by atoms with E-state index in [4.69, 9.17) is 9.84 Å². The molecule has 3 aromatic rings. The van der Waals surface area contributed by atoms with E-state index in [0.717, 1.165) is 18.7 Å². The Hall–Kier alpha value is -2.79. The number of nitrogens with zero attached hydrogens (tertiary/aromatic N) is 2.